The van der Waals surface area contributed by atoms with Gasteiger partial charge in [0.15, 0.2) is 0 Å². The van der Waals surface area contributed by atoms with Crippen LogP contribution in [0, 0.1) is 0 Å². The molecule has 0 amide bonds. The zero-order chi connectivity index (χ0) is 12.8. The molecule has 0 spiro atoms. The van der Waals surface area contributed by atoms with Crippen LogP contribution in [0.25, 0.3) is 0 Å². The molecule has 0 saturated heterocycles. The lowest BCUT2D eigenvalue weighted by Gasteiger charge is -2.11. The average molecular weight is 258 g/mol. The van der Waals surface area contributed by atoms with Gasteiger partial charge in [0.1, 0.15) is 0 Å². The molecule has 0 radical (unpaired) electrons. The van der Waals surface area contributed by atoms with Crippen molar-refractivity contribution in [1.82, 2.24) is 0 Å². The number of carbonyl (C=O) groups is 1. The molecule has 94 valence electrons. The second-order valence-corrected chi connectivity index (χ2v) is 4.25. The first-order valence-electron chi connectivity index (χ1n) is 5.39. The van der Waals surface area contributed by atoms with Crippen molar-refractivity contribution in [2.75, 3.05) is 18.5 Å². The predicted molar refractivity (Wildman–Crippen MR) is 68.0 cm³/mol. The molecule has 0 aromatic heterocycles. The number of aromatic carboxylic acids is 1. The number of carboxylic acids is 1. The summed E-state index contributed by atoms with van der Waals surface area (Å²) in [6.45, 7) is 5.14. The van der Waals surface area contributed by atoms with Crippen LogP contribution in [0.15, 0.2) is 18.2 Å². The molecule has 4 nitrogen and oxygen atoms in total. The zero-order valence-corrected chi connectivity index (χ0v) is 10.6. The normalized spacial score (nSPS) is 10.6. The summed E-state index contributed by atoms with van der Waals surface area (Å²) < 4.78 is 5.37. The largest absolute Gasteiger partial charge is 0.478 e. The van der Waals surface area contributed by atoms with Crippen molar-refractivity contribution in [3.8, 4) is 0 Å². The second kappa shape index (κ2) is 6.47. The van der Waals surface area contributed by atoms with Crippen LogP contribution in [-0.2, 0) is 4.74 Å². The topological polar surface area (TPSA) is 58.6 Å². The average Bonchev–Trinajstić information content (AvgIpc) is 2.25. The summed E-state index contributed by atoms with van der Waals surface area (Å²) >= 11 is 5.95. The van der Waals surface area contributed by atoms with Gasteiger partial charge in [0.25, 0.3) is 0 Å². The van der Waals surface area contributed by atoms with Gasteiger partial charge in [-0.1, -0.05) is 11.6 Å². The number of halogens is 1. The number of nitrogens with one attached hydrogen (secondary N) is 1. The Bertz CT molecular complexity index is 393. The number of carboxylic acid groups (broad SMARTS) is 1. The number of ether oxygens (including phenoxy) is 1. The van der Waals surface area contributed by atoms with E-state index in [9.17, 15) is 4.79 Å². The van der Waals surface area contributed by atoms with Gasteiger partial charge in [0.05, 0.1) is 29.0 Å². The van der Waals surface area contributed by atoms with Gasteiger partial charge in [0, 0.05) is 6.54 Å². The Labute approximate surface area is 106 Å². The van der Waals surface area contributed by atoms with E-state index in [0.29, 0.717) is 23.9 Å². The van der Waals surface area contributed by atoms with Crippen molar-refractivity contribution in [2.24, 2.45) is 0 Å². The van der Waals surface area contributed by atoms with Crippen molar-refractivity contribution in [3.05, 3.63) is 28.8 Å². The molecule has 0 aliphatic rings. The Balaban J connectivity index is 2.52. The highest BCUT2D eigenvalue weighted by Gasteiger charge is 2.06. The summed E-state index contributed by atoms with van der Waals surface area (Å²) in [5.41, 5.74) is 0.892. The number of hydrogen-bond acceptors (Lipinski definition) is 3. The Kier molecular flexibility index (Phi) is 5.25. The standard InChI is InChI=1S/C12H16ClNO3/c1-8(2)17-6-5-14-11-4-3-9(12(15)16)7-10(11)13/h3-4,7-8,14H,5-6H2,1-2H3,(H,15,16). The van der Waals surface area contributed by atoms with Crippen LogP contribution in [0.2, 0.25) is 5.02 Å². The van der Waals surface area contributed by atoms with Crippen LogP contribution in [0.3, 0.4) is 0 Å². The second-order valence-electron chi connectivity index (χ2n) is 3.85. The lowest BCUT2D eigenvalue weighted by atomic mass is 10.2. The van der Waals surface area contributed by atoms with Gasteiger partial charge in [0.2, 0.25) is 0 Å². The minimum Gasteiger partial charge on any atom is -0.478 e. The minimum atomic E-state index is -0.985. The van der Waals surface area contributed by atoms with Crippen LogP contribution in [0.4, 0.5) is 5.69 Å². The lowest BCUT2D eigenvalue weighted by Crippen LogP contribution is -2.13. The zero-order valence-electron chi connectivity index (χ0n) is 9.87. The molecule has 0 bridgehead atoms. The minimum absolute atomic E-state index is 0.180. The molecule has 0 saturated carbocycles. The van der Waals surface area contributed by atoms with E-state index in [1.807, 2.05) is 13.8 Å². The number of rotatable bonds is 6. The highest BCUT2D eigenvalue weighted by molar-refractivity contribution is 6.33. The SMILES string of the molecule is CC(C)OCCNc1ccc(C(=O)O)cc1Cl. The molecule has 5 heteroatoms. The van der Waals surface area contributed by atoms with E-state index in [-0.39, 0.29) is 11.7 Å². The predicted octanol–water partition coefficient (Wildman–Crippen LogP) is 2.88. The van der Waals surface area contributed by atoms with E-state index in [0.717, 1.165) is 0 Å². The van der Waals surface area contributed by atoms with Gasteiger partial charge in [-0.2, -0.15) is 0 Å². The molecular weight excluding hydrogens is 242 g/mol. The molecule has 0 aliphatic carbocycles. The summed E-state index contributed by atoms with van der Waals surface area (Å²) in [4.78, 5) is 10.7. The van der Waals surface area contributed by atoms with Crippen molar-refractivity contribution < 1.29 is 14.6 Å². The molecular formula is C12H16ClNO3. The lowest BCUT2D eigenvalue weighted by molar-refractivity contribution is 0.0696. The molecule has 0 atom stereocenters. The summed E-state index contributed by atoms with van der Waals surface area (Å²) in [7, 11) is 0. The van der Waals surface area contributed by atoms with Crippen LogP contribution in [0.1, 0.15) is 24.2 Å². The van der Waals surface area contributed by atoms with Crippen LogP contribution in [-0.4, -0.2) is 30.3 Å². The fourth-order valence-electron chi connectivity index (χ4n) is 1.27. The van der Waals surface area contributed by atoms with Crippen LogP contribution < -0.4 is 5.32 Å². The molecule has 17 heavy (non-hydrogen) atoms. The van der Waals surface area contributed by atoms with Crippen LogP contribution >= 0.6 is 11.6 Å². The maximum Gasteiger partial charge on any atom is 0.335 e. The maximum absolute atomic E-state index is 10.7. The summed E-state index contributed by atoms with van der Waals surface area (Å²) in [5.74, 6) is -0.985. The molecule has 2 N–H and O–H groups in total. The van der Waals surface area contributed by atoms with Gasteiger partial charge in [-0.25, -0.2) is 4.79 Å². The van der Waals surface area contributed by atoms with E-state index in [1.54, 1.807) is 6.07 Å². The number of benzene rings is 1. The Morgan fingerprint density at radius 2 is 2.24 bits per heavy atom. The number of anilines is 1. The fraction of sp³-hybridized carbons (Fsp3) is 0.417. The monoisotopic (exact) mass is 257 g/mol. The third-order valence-electron chi connectivity index (χ3n) is 2.08. The molecule has 1 aromatic rings. The first kappa shape index (κ1) is 13.8. The molecule has 1 rings (SSSR count). The van der Waals surface area contributed by atoms with E-state index >= 15 is 0 Å². The van der Waals surface area contributed by atoms with Crippen molar-refractivity contribution in [1.29, 1.82) is 0 Å². The van der Waals surface area contributed by atoms with Crippen molar-refractivity contribution in [2.45, 2.75) is 20.0 Å². The van der Waals surface area contributed by atoms with Gasteiger partial charge in [-0.3, -0.25) is 0 Å². The van der Waals surface area contributed by atoms with Crippen molar-refractivity contribution >= 4 is 23.3 Å². The Morgan fingerprint density at radius 1 is 1.53 bits per heavy atom. The van der Waals surface area contributed by atoms with E-state index in [4.69, 9.17) is 21.4 Å². The molecule has 1 aromatic carbocycles. The molecule has 0 fully saturated rings. The molecule has 0 aliphatic heterocycles. The van der Waals surface area contributed by atoms with E-state index in [1.165, 1.54) is 12.1 Å². The smallest absolute Gasteiger partial charge is 0.335 e. The van der Waals surface area contributed by atoms with Gasteiger partial charge >= 0.3 is 5.97 Å². The molecule has 0 heterocycles. The maximum atomic E-state index is 10.7. The summed E-state index contributed by atoms with van der Waals surface area (Å²) in [6.07, 6.45) is 0.196. The van der Waals surface area contributed by atoms with E-state index in [2.05, 4.69) is 5.32 Å². The Hall–Kier alpha value is -1.26. The first-order valence-corrected chi connectivity index (χ1v) is 5.77. The third kappa shape index (κ3) is 4.63. The number of hydrogen-bond donors (Lipinski definition) is 2. The quantitative estimate of drug-likeness (QED) is 0.770. The van der Waals surface area contributed by atoms with Crippen LogP contribution in [0.5, 0.6) is 0 Å². The molecule has 0 unspecified atom stereocenters. The van der Waals surface area contributed by atoms with Gasteiger partial charge in [-0.15, -0.1) is 0 Å². The fourth-order valence-corrected chi connectivity index (χ4v) is 1.52. The van der Waals surface area contributed by atoms with Gasteiger partial charge in [-0.05, 0) is 32.0 Å². The Morgan fingerprint density at radius 3 is 2.76 bits per heavy atom. The summed E-state index contributed by atoms with van der Waals surface area (Å²) in [5, 5.41) is 12.3. The summed E-state index contributed by atoms with van der Waals surface area (Å²) in [6, 6.07) is 4.59. The third-order valence-corrected chi connectivity index (χ3v) is 2.40. The van der Waals surface area contributed by atoms with Gasteiger partial charge < -0.3 is 15.2 Å². The van der Waals surface area contributed by atoms with E-state index < -0.39 is 5.97 Å². The van der Waals surface area contributed by atoms with Crippen molar-refractivity contribution in [3.63, 3.8) is 0 Å². The highest BCUT2D eigenvalue weighted by atomic mass is 35.5. The highest BCUT2D eigenvalue weighted by Crippen LogP contribution is 2.22. The first-order chi connectivity index (χ1) is 8.00.